The summed E-state index contributed by atoms with van der Waals surface area (Å²) in [5, 5.41) is 10.6. The Morgan fingerprint density at radius 1 is 0.326 bits per heavy atom. The molecule has 0 saturated heterocycles. The molecule has 0 saturated carbocycles. The number of hydrogen-bond donors (Lipinski definition) is 3. The summed E-state index contributed by atoms with van der Waals surface area (Å²) in [6.07, 6.45) is 37.7. The van der Waals surface area contributed by atoms with Crippen molar-refractivity contribution < 1.29 is 80.2 Å². The van der Waals surface area contributed by atoms with Gasteiger partial charge in [-0.1, -0.05) is 274 Å². The van der Waals surface area contributed by atoms with Crippen LogP contribution in [0.5, 0.6) is 0 Å². The lowest BCUT2D eigenvalue weighted by atomic mass is 9.99. The number of ether oxygens (including phenoxy) is 4. The van der Waals surface area contributed by atoms with Crippen LogP contribution in [-0.2, 0) is 65.4 Å². The van der Waals surface area contributed by atoms with Gasteiger partial charge in [0.1, 0.15) is 19.3 Å². The summed E-state index contributed by atoms with van der Waals surface area (Å²) in [5.74, 6) is 0.823. The fourth-order valence-electron chi connectivity index (χ4n) is 9.89. The first-order valence-electron chi connectivity index (χ1n) is 34.8. The fourth-order valence-corrected chi connectivity index (χ4v) is 11.5. The van der Waals surface area contributed by atoms with Gasteiger partial charge in [0.2, 0.25) is 0 Å². The zero-order chi connectivity index (χ0) is 63.9. The van der Waals surface area contributed by atoms with Gasteiger partial charge in [0.15, 0.2) is 12.2 Å². The molecule has 3 N–H and O–H groups in total. The minimum atomic E-state index is -4.95. The maximum absolute atomic E-state index is 13.0. The molecule has 0 aromatic heterocycles. The van der Waals surface area contributed by atoms with Crippen molar-refractivity contribution >= 4 is 39.5 Å². The molecule has 86 heavy (non-hydrogen) atoms. The van der Waals surface area contributed by atoms with Crippen molar-refractivity contribution in [2.75, 3.05) is 39.6 Å². The summed E-state index contributed by atoms with van der Waals surface area (Å²) in [5.41, 5.74) is 0. The molecule has 0 aromatic carbocycles. The standard InChI is InChI=1S/C67H130O17P2/c1-9-59(7)45-37-29-20-16-12-14-18-22-33-41-49-66(71)83-62(53-77-64(69)47-39-31-21-17-13-11-15-19-27-35-43-57(3)4)55-81-85(73,74)79-51-61(68)52-80-86(75,76)82-56-63(84-67(72)50-42-34-25-23-28-36-44-58(5)6)54-78-65(70)48-40-32-26-24-30-38-46-60(8)10-2/h57-63,68H,9-56H2,1-8H3,(H,73,74)(H,75,76)/t59?,60?,61-,62-,63-/m1/s1. The van der Waals surface area contributed by atoms with E-state index in [9.17, 15) is 43.2 Å². The van der Waals surface area contributed by atoms with Gasteiger partial charge in [-0.25, -0.2) is 9.13 Å². The lowest BCUT2D eigenvalue weighted by Gasteiger charge is -2.21. The summed E-state index contributed by atoms with van der Waals surface area (Å²) in [7, 11) is -9.90. The van der Waals surface area contributed by atoms with E-state index in [1.165, 1.54) is 122 Å². The van der Waals surface area contributed by atoms with Crippen molar-refractivity contribution in [3.8, 4) is 0 Å². The van der Waals surface area contributed by atoms with E-state index >= 15 is 0 Å². The number of unbranched alkanes of at least 4 members (excludes halogenated alkanes) is 28. The Balaban J connectivity index is 5.25. The lowest BCUT2D eigenvalue weighted by Crippen LogP contribution is -2.30. The summed E-state index contributed by atoms with van der Waals surface area (Å²) < 4.78 is 68.1. The average molecular weight is 1270 g/mol. The zero-order valence-corrected chi connectivity index (χ0v) is 57.7. The zero-order valence-electron chi connectivity index (χ0n) is 55.9. The third-order valence-corrected chi connectivity index (χ3v) is 17.9. The molecular weight excluding hydrogens is 1140 g/mol. The lowest BCUT2D eigenvalue weighted by molar-refractivity contribution is -0.161. The van der Waals surface area contributed by atoms with Crippen LogP contribution < -0.4 is 0 Å². The molecular formula is C67H130O17P2. The Hall–Kier alpha value is -1.94. The van der Waals surface area contributed by atoms with E-state index in [1.807, 2.05) is 0 Å². The van der Waals surface area contributed by atoms with Crippen molar-refractivity contribution in [3.05, 3.63) is 0 Å². The molecule has 0 aromatic rings. The average Bonchev–Trinajstić information content (AvgIpc) is 3.69. The number of phosphoric ester groups is 2. The fraction of sp³-hybridized carbons (Fsp3) is 0.940. The quantitative estimate of drug-likeness (QED) is 0.0222. The van der Waals surface area contributed by atoms with Gasteiger partial charge in [-0.15, -0.1) is 0 Å². The molecule has 0 bridgehead atoms. The normalized spacial score (nSPS) is 15.0. The summed E-state index contributed by atoms with van der Waals surface area (Å²) >= 11 is 0. The van der Waals surface area contributed by atoms with Crippen LogP contribution >= 0.6 is 15.6 Å². The van der Waals surface area contributed by atoms with Crippen LogP contribution in [0.1, 0.15) is 325 Å². The van der Waals surface area contributed by atoms with Gasteiger partial charge in [0.05, 0.1) is 26.4 Å². The van der Waals surface area contributed by atoms with Crippen molar-refractivity contribution in [2.24, 2.45) is 23.7 Å². The first kappa shape index (κ1) is 84.1. The van der Waals surface area contributed by atoms with Gasteiger partial charge >= 0.3 is 39.5 Å². The van der Waals surface area contributed by atoms with Gasteiger partial charge in [-0.05, 0) is 49.4 Å². The van der Waals surface area contributed by atoms with E-state index in [2.05, 4.69) is 55.4 Å². The van der Waals surface area contributed by atoms with E-state index in [4.69, 9.17) is 37.0 Å². The van der Waals surface area contributed by atoms with Crippen LogP contribution in [0.25, 0.3) is 0 Å². The first-order valence-corrected chi connectivity index (χ1v) is 37.8. The highest BCUT2D eigenvalue weighted by atomic mass is 31.2. The number of aliphatic hydroxyl groups is 1. The van der Waals surface area contributed by atoms with Gasteiger partial charge < -0.3 is 33.8 Å². The Morgan fingerprint density at radius 3 is 0.826 bits per heavy atom. The third-order valence-electron chi connectivity index (χ3n) is 16.0. The monoisotopic (exact) mass is 1270 g/mol. The molecule has 0 amide bonds. The van der Waals surface area contributed by atoms with Crippen molar-refractivity contribution in [1.29, 1.82) is 0 Å². The molecule has 0 spiro atoms. The van der Waals surface area contributed by atoms with Crippen LogP contribution in [0.4, 0.5) is 0 Å². The highest BCUT2D eigenvalue weighted by Gasteiger charge is 2.30. The molecule has 0 heterocycles. The molecule has 0 fully saturated rings. The predicted molar refractivity (Wildman–Crippen MR) is 344 cm³/mol. The highest BCUT2D eigenvalue weighted by Crippen LogP contribution is 2.45. The molecule has 0 radical (unpaired) electrons. The van der Waals surface area contributed by atoms with Gasteiger partial charge in [0, 0.05) is 25.7 Å². The molecule has 510 valence electrons. The second-order valence-corrected chi connectivity index (χ2v) is 28.6. The van der Waals surface area contributed by atoms with Gasteiger partial charge in [0.25, 0.3) is 0 Å². The van der Waals surface area contributed by atoms with E-state index in [0.717, 1.165) is 114 Å². The maximum Gasteiger partial charge on any atom is 0.472 e. The van der Waals surface area contributed by atoms with Crippen LogP contribution in [0.3, 0.4) is 0 Å². The molecule has 0 rings (SSSR count). The Labute approximate surface area is 524 Å². The van der Waals surface area contributed by atoms with Crippen LogP contribution in [0, 0.1) is 23.7 Å². The van der Waals surface area contributed by atoms with E-state index in [0.29, 0.717) is 31.6 Å². The number of rotatable bonds is 64. The molecule has 17 nitrogen and oxygen atoms in total. The van der Waals surface area contributed by atoms with Crippen molar-refractivity contribution in [1.82, 2.24) is 0 Å². The number of esters is 4. The van der Waals surface area contributed by atoms with Crippen molar-refractivity contribution in [3.63, 3.8) is 0 Å². The summed E-state index contributed by atoms with van der Waals surface area (Å²) in [4.78, 5) is 72.3. The largest absolute Gasteiger partial charge is 0.472 e. The molecule has 0 aliphatic heterocycles. The second kappa shape index (κ2) is 57.0. The van der Waals surface area contributed by atoms with Gasteiger partial charge in [-0.2, -0.15) is 0 Å². The number of carbonyl (C=O) groups is 4. The number of aliphatic hydroxyl groups excluding tert-OH is 1. The van der Waals surface area contributed by atoms with Crippen LogP contribution in [0.2, 0.25) is 0 Å². The molecule has 0 aliphatic rings. The molecule has 7 atom stereocenters. The van der Waals surface area contributed by atoms with E-state index in [1.54, 1.807) is 0 Å². The van der Waals surface area contributed by atoms with Crippen LogP contribution in [0.15, 0.2) is 0 Å². The number of phosphoric acid groups is 2. The minimum absolute atomic E-state index is 0.101. The van der Waals surface area contributed by atoms with Crippen molar-refractivity contribution in [2.45, 2.75) is 343 Å². The maximum atomic E-state index is 13.0. The summed E-state index contributed by atoms with van der Waals surface area (Å²) in [6.45, 7) is 14.0. The predicted octanol–water partition coefficient (Wildman–Crippen LogP) is 18.5. The Bertz CT molecular complexity index is 1720. The number of hydrogen-bond acceptors (Lipinski definition) is 15. The highest BCUT2D eigenvalue weighted by molar-refractivity contribution is 7.47. The Kier molecular flexibility index (Phi) is 55.7. The Morgan fingerprint density at radius 2 is 0.558 bits per heavy atom. The molecule has 19 heteroatoms. The summed E-state index contributed by atoms with van der Waals surface area (Å²) in [6, 6.07) is 0. The smallest absolute Gasteiger partial charge is 0.462 e. The molecule has 0 aliphatic carbocycles. The van der Waals surface area contributed by atoms with Crippen LogP contribution in [-0.4, -0.2) is 96.7 Å². The third kappa shape index (κ3) is 58.4. The number of carbonyl (C=O) groups excluding carboxylic acids is 4. The van der Waals surface area contributed by atoms with Gasteiger partial charge in [-0.3, -0.25) is 37.3 Å². The SMILES string of the molecule is CCC(C)CCCCCCCCCCCCC(=O)O[C@H](COC(=O)CCCCCCCCCCCCC(C)C)COP(=O)(O)OC[C@@H](O)COP(=O)(O)OC[C@@H](COC(=O)CCCCCCCCC(C)CC)OC(=O)CCCCCCCCC(C)C. The topological polar surface area (TPSA) is 237 Å². The minimum Gasteiger partial charge on any atom is -0.462 e. The van der Waals surface area contributed by atoms with E-state index in [-0.39, 0.29) is 25.7 Å². The molecule has 4 unspecified atom stereocenters. The second-order valence-electron chi connectivity index (χ2n) is 25.6. The first-order chi connectivity index (χ1) is 41.2. The van der Waals surface area contributed by atoms with E-state index < -0.39 is 97.5 Å².